The number of benzene rings is 1. The van der Waals surface area contributed by atoms with Gasteiger partial charge in [0.2, 0.25) is 5.95 Å². The van der Waals surface area contributed by atoms with Crippen LogP contribution in [0.5, 0.6) is 0 Å². The van der Waals surface area contributed by atoms with Gasteiger partial charge in [-0.3, -0.25) is 4.90 Å². The normalized spacial score (nSPS) is 19.6. The Morgan fingerprint density at radius 1 is 1.15 bits per heavy atom. The van der Waals surface area contributed by atoms with Gasteiger partial charge in [0.25, 0.3) is 6.43 Å². The molecule has 0 radical (unpaired) electrons. The summed E-state index contributed by atoms with van der Waals surface area (Å²) in [6, 6.07) is 3.94. The maximum absolute atomic E-state index is 12.6. The summed E-state index contributed by atoms with van der Waals surface area (Å²) in [5.74, 6) is 1.02. The molecule has 2 aromatic heterocycles. The summed E-state index contributed by atoms with van der Waals surface area (Å²) >= 11 is 12.7. The summed E-state index contributed by atoms with van der Waals surface area (Å²) in [6.07, 6.45) is 2.19. The molecule has 1 aromatic carbocycles. The Bertz CT molecular complexity index is 1320. The number of nitrogens with one attached hydrogen (secondary N) is 1. The predicted octanol–water partition coefficient (Wildman–Crippen LogP) is 4.12. The zero-order valence-corrected chi connectivity index (χ0v) is 20.3. The Labute approximate surface area is 205 Å². The van der Waals surface area contributed by atoms with E-state index in [2.05, 4.69) is 25.3 Å². The molecular weight excluding hydrogens is 509 g/mol. The average molecular weight is 531 g/mol. The van der Waals surface area contributed by atoms with Crippen molar-refractivity contribution in [2.45, 2.75) is 37.8 Å². The summed E-state index contributed by atoms with van der Waals surface area (Å²) in [4.78, 5) is 11.1. The molecule has 13 heteroatoms. The van der Waals surface area contributed by atoms with E-state index in [1.54, 1.807) is 6.20 Å². The molecule has 2 fully saturated rings. The highest BCUT2D eigenvalue weighted by molar-refractivity contribution is 7.92. The Morgan fingerprint density at radius 3 is 2.56 bits per heavy atom. The van der Waals surface area contributed by atoms with E-state index in [0.29, 0.717) is 16.2 Å². The van der Waals surface area contributed by atoms with Crippen molar-refractivity contribution in [2.75, 3.05) is 29.9 Å². The van der Waals surface area contributed by atoms with Gasteiger partial charge in [-0.2, -0.15) is 5.10 Å². The van der Waals surface area contributed by atoms with Gasteiger partial charge in [0.05, 0.1) is 28.9 Å². The first-order valence-corrected chi connectivity index (χ1v) is 13.4. The molecule has 4 heterocycles. The number of alkyl halides is 2. The molecule has 2 aliphatic rings. The van der Waals surface area contributed by atoms with Crippen molar-refractivity contribution in [3.8, 4) is 0 Å². The molecule has 0 bridgehead atoms. The molecule has 0 amide bonds. The van der Waals surface area contributed by atoms with Gasteiger partial charge in [0.1, 0.15) is 6.54 Å². The van der Waals surface area contributed by atoms with E-state index in [1.165, 1.54) is 6.20 Å². The summed E-state index contributed by atoms with van der Waals surface area (Å²) < 4.78 is 49.3. The molecular formula is C21H22Cl2F2N6O2S. The first kappa shape index (κ1) is 23.7. The van der Waals surface area contributed by atoms with Crippen molar-refractivity contribution in [1.82, 2.24) is 24.6 Å². The molecule has 2 saturated heterocycles. The first-order chi connectivity index (χ1) is 16.2. The van der Waals surface area contributed by atoms with Crippen LogP contribution in [0, 0.1) is 0 Å². The minimum absolute atomic E-state index is 0.0480. The number of halogens is 4. The van der Waals surface area contributed by atoms with Crippen LogP contribution in [0.2, 0.25) is 10.2 Å². The maximum atomic E-state index is 12.6. The number of hydrogen-bond acceptors (Lipinski definition) is 7. The van der Waals surface area contributed by atoms with Crippen molar-refractivity contribution in [2.24, 2.45) is 0 Å². The third-order valence-corrected chi connectivity index (χ3v) is 8.92. The molecule has 0 aliphatic carbocycles. The molecule has 0 atom stereocenters. The lowest BCUT2D eigenvalue weighted by Gasteiger charge is -2.41. The lowest BCUT2D eigenvalue weighted by Crippen LogP contribution is -2.55. The lowest BCUT2D eigenvalue weighted by molar-refractivity contribution is 0.122. The number of sulfone groups is 1. The molecule has 34 heavy (non-hydrogen) atoms. The zero-order chi connectivity index (χ0) is 24.0. The van der Waals surface area contributed by atoms with Crippen LogP contribution in [0.15, 0.2) is 24.5 Å². The summed E-state index contributed by atoms with van der Waals surface area (Å²) in [7, 11) is -2.84. The number of nitrogens with zero attached hydrogens (tertiary/aromatic N) is 5. The van der Waals surface area contributed by atoms with E-state index in [1.807, 2.05) is 12.1 Å². The Morgan fingerprint density at radius 2 is 1.88 bits per heavy atom. The lowest BCUT2D eigenvalue weighted by atomic mass is 9.88. The number of anilines is 2. The molecule has 5 rings (SSSR count). The standard InChI is InChI=1S/C21H22Cl2F2N6O2S/c22-16-5-13-7-26-21(29-18-8-27-31(20(18)23)9-19(24)25)28-17(13)6-15(16)12-1-3-30(4-2-12)14-10-34(32,33)11-14/h5-8,12,14,19H,1-4,9-11H2,(H,26,28,29). The smallest absolute Gasteiger partial charge is 0.257 e. The Hall–Kier alpha value is -2.08. The number of piperidine rings is 1. The van der Waals surface area contributed by atoms with Crippen molar-refractivity contribution < 1.29 is 17.2 Å². The molecule has 182 valence electrons. The highest BCUT2D eigenvalue weighted by Gasteiger charge is 2.39. The van der Waals surface area contributed by atoms with E-state index in [4.69, 9.17) is 23.2 Å². The average Bonchev–Trinajstić information content (AvgIpc) is 3.10. The fraction of sp³-hybridized carbons (Fsp3) is 0.476. The quantitative estimate of drug-likeness (QED) is 0.512. The van der Waals surface area contributed by atoms with Crippen LogP contribution >= 0.6 is 23.2 Å². The molecule has 0 unspecified atom stereocenters. The third-order valence-electron chi connectivity index (χ3n) is 6.41. The van der Waals surface area contributed by atoms with E-state index < -0.39 is 22.8 Å². The van der Waals surface area contributed by atoms with Crippen LogP contribution in [0.4, 0.5) is 20.4 Å². The van der Waals surface area contributed by atoms with Crippen molar-refractivity contribution >= 4 is 55.6 Å². The molecule has 0 spiro atoms. The second-order valence-electron chi connectivity index (χ2n) is 8.71. The van der Waals surface area contributed by atoms with Crippen LogP contribution in [-0.4, -0.2) is 70.1 Å². The van der Waals surface area contributed by atoms with Gasteiger partial charge in [0.15, 0.2) is 15.0 Å². The van der Waals surface area contributed by atoms with Crippen LogP contribution in [-0.2, 0) is 16.4 Å². The summed E-state index contributed by atoms with van der Waals surface area (Å²) in [5.41, 5.74) is 2.03. The molecule has 8 nitrogen and oxygen atoms in total. The van der Waals surface area contributed by atoms with Crippen LogP contribution in [0.25, 0.3) is 10.9 Å². The zero-order valence-electron chi connectivity index (χ0n) is 18.0. The monoisotopic (exact) mass is 530 g/mol. The Balaban J connectivity index is 1.32. The summed E-state index contributed by atoms with van der Waals surface area (Å²) in [6.45, 7) is 1.06. The van der Waals surface area contributed by atoms with Crippen molar-refractivity contribution in [3.05, 3.63) is 40.3 Å². The van der Waals surface area contributed by atoms with Gasteiger partial charge in [-0.15, -0.1) is 0 Å². The fourth-order valence-corrected chi connectivity index (χ4v) is 6.63. The number of fused-ring (bicyclic) bond motifs is 1. The highest BCUT2D eigenvalue weighted by atomic mass is 35.5. The second kappa shape index (κ2) is 9.18. The minimum atomic E-state index is -2.84. The number of rotatable bonds is 6. The molecule has 3 aromatic rings. The number of hydrogen-bond donors (Lipinski definition) is 1. The third kappa shape index (κ3) is 4.84. The van der Waals surface area contributed by atoms with Gasteiger partial charge < -0.3 is 5.32 Å². The number of likely N-dealkylation sites (tertiary alicyclic amines) is 1. The first-order valence-electron chi connectivity index (χ1n) is 10.9. The van der Waals surface area contributed by atoms with Gasteiger partial charge in [-0.05, 0) is 49.5 Å². The van der Waals surface area contributed by atoms with Gasteiger partial charge in [0, 0.05) is 22.6 Å². The van der Waals surface area contributed by atoms with Crippen LogP contribution in [0.1, 0.15) is 24.3 Å². The highest BCUT2D eigenvalue weighted by Crippen LogP contribution is 2.36. The SMILES string of the molecule is O=S1(=O)CC(N2CCC(c3cc4nc(Nc5cnn(CC(F)F)c5Cl)ncc4cc3Cl)CC2)C1. The molecule has 2 aliphatic heterocycles. The van der Waals surface area contributed by atoms with E-state index in [-0.39, 0.29) is 34.6 Å². The van der Waals surface area contributed by atoms with Crippen LogP contribution in [0.3, 0.4) is 0 Å². The van der Waals surface area contributed by atoms with Gasteiger partial charge >= 0.3 is 0 Å². The molecule has 1 N–H and O–H groups in total. The fourth-order valence-electron chi connectivity index (χ4n) is 4.60. The van der Waals surface area contributed by atoms with E-state index >= 15 is 0 Å². The number of aromatic nitrogens is 4. The second-order valence-corrected chi connectivity index (χ2v) is 11.6. The predicted molar refractivity (Wildman–Crippen MR) is 127 cm³/mol. The molecule has 0 saturated carbocycles. The Kier molecular flexibility index (Phi) is 6.38. The summed E-state index contributed by atoms with van der Waals surface area (Å²) in [5, 5.41) is 8.28. The van der Waals surface area contributed by atoms with Crippen molar-refractivity contribution in [3.63, 3.8) is 0 Å². The van der Waals surface area contributed by atoms with Gasteiger partial charge in [-0.25, -0.2) is 31.8 Å². The maximum Gasteiger partial charge on any atom is 0.257 e. The van der Waals surface area contributed by atoms with Crippen LogP contribution < -0.4 is 5.32 Å². The largest absolute Gasteiger partial charge is 0.320 e. The topological polar surface area (TPSA) is 93.0 Å². The van der Waals surface area contributed by atoms with Gasteiger partial charge in [-0.1, -0.05) is 23.2 Å². The van der Waals surface area contributed by atoms with Crippen molar-refractivity contribution in [1.29, 1.82) is 0 Å². The van der Waals surface area contributed by atoms with E-state index in [0.717, 1.165) is 41.6 Å². The van der Waals surface area contributed by atoms with E-state index in [9.17, 15) is 17.2 Å². The minimum Gasteiger partial charge on any atom is -0.320 e.